The standard InChI is InChI=1S/C7H8O2S2.Na.H/c1-11(9)5-2-3-7(10)6(8)4-5;;/h2-4,8,10H,1H3;;. The Morgan fingerprint density at radius 1 is 1.50 bits per heavy atom. The Balaban J connectivity index is 0.00000121. The molecule has 0 saturated carbocycles. The van der Waals surface area contributed by atoms with Gasteiger partial charge in [-0.1, -0.05) is 0 Å². The van der Waals surface area contributed by atoms with Crippen molar-refractivity contribution in [3.05, 3.63) is 18.2 Å². The number of phenolic OH excluding ortho intramolecular Hbond substituents is 1. The molecular formula is C7H9NaO2S2. The molecule has 2 nitrogen and oxygen atoms in total. The van der Waals surface area contributed by atoms with Crippen LogP contribution in [0.25, 0.3) is 0 Å². The van der Waals surface area contributed by atoms with E-state index >= 15 is 0 Å². The molecule has 1 aromatic rings. The summed E-state index contributed by atoms with van der Waals surface area (Å²) < 4.78 is 10.9. The Kier molecular flexibility index (Phi) is 5.73. The van der Waals surface area contributed by atoms with E-state index in [0.717, 1.165) is 0 Å². The van der Waals surface area contributed by atoms with Gasteiger partial charge in [0.2, 0.25) is 0 Å². The van der Waals surface area contributed by atoms with Gasteiger partial charge in [0, 0.05) is 11.0 Å². The van der Waals surface area contributed by atoms with Crippen LogP contribution in [0, 0.1) is 0 Å². The van der Waals surface area contributed by atoms with Crippen molar-refractivity contribution < 1.29 is 9.66 Å². The van der Waals surface area contributed by atoms with E-state index in [1.54, 1.807) is 18.4 Å². The first-order valence-corrected chi connectivity index (χ1v) is 4.97. The van der Waals surface area contributed by atoms with Crippen molar-refractivity contribution in [3.8, 4) is 5.75 Å². The Labute approximate surface area is 102 Å². The molecule has 0 aliphatic heterocycles. The van der Waals surface area contributed by atoms with Gasteiger partial charge in [0.05, 0.1) is 0 Å². The third kappa shape index (κ3) is 3.20. The van der Waals surface area contributed by atoms with Crippen LogP contribution in [0.3, 0.4) is 0 Å². The minimum atomic E-state index is -1.04. The fraction of sp³-hybridized carbons (Fsp3) is 0.143. The van der Waals surface area contributed by atoms with Crippen LogP contribution >= 0.6 is 12.6 Å². The molecule has 0 spiro atoms. The molecule has 1 unspecified atom stereocenters. The van der Waals surface area contributed by atoms with E-state index in [1.807, 2.05) is 0 Å². The van der Waals surface area contributed by atoms with Gasteiger partial charge in [0.25, 0.3) is 0 Å². The van der Waals surface area contributed by atoms with Gasteiger partial charge in [0.15, 0.2) is 4.90 Å². The van der Waals surface area contributed by atoms with E-state index in [1.165, 1.54) is 6.07 Å². The predicted octanol–water partition coefficient (Wildman–Crippen LogP) is 0.770. The van der Waals surface area contributed by atoms with Gasteiger partial charge < -0.3 is 9.66 Å². The second kappa shape index (κ2) is 5.42. The number of thiol groups is 1. The predicted molar refractivity (Wildman–Crippen MR) is 54.8 cm³/mol. The molecule has 0 aliphatic carbocycles. The summed E-state index contributed by atoms with van der Waals surface area (Å²) in [6.07, 6.45) is 1.56. The van der Waals surface area contributed by atoms with Crippen molar-refractivity contribution in [2.24, 2.45) is 0 Å². The van der Waals surface area contributed by atoms with Gasteiger partial charge in [-0.05, 0) is 23.3 Å². The second-order valence-electron chi connectivity index (χ2n) is 2.10. The summed E-state index contributed by atoms with van der Waals surface area (Å²) in [4.78, 5) is 1.11. The van der Waals surface area contributed by atoms with Crippen molar-refractivity contribution >= 4 is 53.4 Å². The molecule has 0 aromatic heterocycles. The summed E-state index contributed by atoms with van der Waals surface area (Å²) in [5.41, 5.74) is 0. The topological polar surface area (TPSA) is 43.3 Å². The minimum absolute atomic E-state index is 0. The maximum absolute atomic E-state index is 10.9. The molecule has 0 amide bonds. The van der Waals surface area contributed by atoms with Crippen molar-refractivity contribution in [3.63, 3.8) is 0 Å². The first kappa shape index (κ1) is 12.7. The molecular weight excluding hydrogens is 203 g/mol. The summed E-state index contributed by atoms with van der Waals surface area (Å²) in [6, 6.07) is 4.76. The summed E-state index contributed by atoms with van der Waals surface area (Å²) in [5, 5.41) is 9.14. The normalized spacial score (nSPS) is 11.9. The molecule has 0 aliphatic rings. The molecule has 1 aromatic carbocycles. The van der Waals surface area contributed by atoms with Crippen molar-refractivity contribution in [2.75, 3.05) is 6.26 Å². The van der Waals surface area contributed by atoms with Gasteiger partial charge in [-0.3, -0.25) is 0 Å². The first-order valence-electron chi connectivity index (χ1n) is 2.96. The van der Waals surface area contributed by atoms with Gasteiger partial charge in [-0.25, -0.2) is 0 Å². The maximum atomic E-state index is 10.9. The summed E-state index contributed by atoms with van der Waals surface area (Å²) in [6.45, 7) is 0. The molecule has 1 rings (SSSR count). The van der Waals surface area contributed by atoms with Crippen LogP contribution in [0.4, 0.5) is 0 Å². The van der Waals surface area contributed by atoms with Gasteiger partial charge in [0.1, 0.15) is 12.0 Å². The number of hydrogen-bond donors (Lipinski definition) is 2. The van der Waals surface area contributed by atoms with Crippen LogP contribution in [0.1, 0.15) is 0 Å². The fourth-order valence-electron chi connectivity index (χ4n) is 0.682. The number of hydrogen-bond acceptors (Lipinski definition) is 3. The number of rotatable bonds is 1. The first-order chi connectivity index (χ1) is 5.11. The summed E-state index contributed by atoms with van der Waals surface area (Å²) in [7, 11) is 0. The van der Waals surface area contributed by atoms with Gasteiger partial charge >= 0.3 is 29.6 Å². The van der Waals surface area contributed by atoms with Crippen LogP contribution in [0.15, 0.2) is 28.0 Å². The molecule has 0 radical (unpaired) electrons. The molecule has 1 N–H and O–H groups in total. The Hall–Kier alpha value is 0.680. The van der Waals surface area contributed by atoms with Gasteiger partial charge in [-0.2, -0.15) is 0 Å². The Bertz CT molecular complexity index is 266. The molecule has 62 valence electrons. The van der Waals surface area contributed by atoms with Gasteiger partial charge in [-0.15, -0.1) is 12.6 Å². The third-order valence-corrected chi connectivity index (χ3v) is 2.57. The SMILES string of the molecule is C[S+]([O-])c1ccc(S)c(O)c1.[NaH]. The third-order valence-electron chi connectivity index (χ3n) is 1.28. The number of benzene rings is 1. The van der Waals surface area contributed by atoms with E-state index in [4.69, 9.17) is 5.11 Å². The van der Waals surface area contributed by atoms with Crippen molar-refractivity contribution in [2.45, 2.75) is 9.79 Å². The van der Waals surface area contributed by atoms with E-state index in [-0.39, 0.29) is 35.3 Å². The molecule has 0 bridgehead atoms. The van der Waals surface area contributed by atoms with Crippen LogP contribution in [-0.4, -0.2) is 45.5 Å². The molecule has 12 heavy (non-hydrogen) atoms. The average molecular weight is 212 g/mol. The number of aromatic hydroxyl groups is 1. The van der Waals surface area contributed by atoms with E-state index in [0.29, 0.717) is 9.79 Å². The molecule has 0 fully saturated rings. The zero-order chi connectivity index (χ0) is 8.43. The molecule has 5 heteroatoms. The average Bonchev–Trinajstić information content (AvgIpc) is 1.94. The molecule has 1 atom stereocenters. The van der Waals surface area contributed by atoms with Crippen LogP contribution in [0.2, 0.25) is 0 Å². The van der Waals surface area contributed by atoms with Crippen LogP contribution in [0.5, 0.6) is 5.75 Å². The Morgan fingerprint density at radius 3 is 2.50 bits per heavy atom. The quantitative estimate of drug-likeness (QED) is 0.410. The molecule has 0 saturated heterocycles. The van der Waals surface area contributed by atoms with Crippen LogP contribution in [-0.2, 0) is 11.2 Å². The van der Waals surface area contributed by atoms with Crippen molar-refractivity contribution in [1.82, 2.24) is 0 Å². The zero-order valence-electron chi connectivity index (χ0n) is 5.94. The fourth-order valence-corrected chi connectivity index (χ4v) is 1.36. The zero-order valence-corrected chi connectivity index (χ0v) is 7.65. The Morgan fingerprint density at radius 2 is 2.08 bits per heavy atom. The summed E-state index contributed by atoms with van der Waals surface area (Å²) >= 11 is 2.92. The number of phenols is 1. The van der Waals surface area contributed by atoms with E-state index in [9.17, 15) is 4.55 Å². The monoisotopic (exact) mass is 212 g/mol. The summed E-state index contributed by atoms with van der Waals surface area (Å²) in [5.74, 6) is 0.0704. The van der Waals surface area contributed by atoms with Crippen LogP contribution < -0.4 is 0 Å². The van der Waals surface area contributed by atoms with E-state index in [2.05, 4.69) is 12.6 Å². The van der Waals surface area contributed by atoms with E-state index < -0.39 is 11.2 Å². The molecule has 0 heterocycles. The second-order valence-corrected chi connectivity index (χ2v) is 3.97. The van der Waals surface area contributed by atoms with Crippen molar-refractivity contribution in [1.29, 1.82) is 0 Å².